The fraction of sp³-hybridized carbons (Fsp3) is 0.923. The summed E-state index contributed by atoms with van der Waals surface area (Å²) >= 11 is 5.98. The first-order valence-corrected chi connectivity index (χ1v) is 9.64. The van der Waals surface area contributed by atoms with Crippen molar-refractivity contribution in [2.75, 3.05) is 31.1 Å². The normalized spacial score (nSPS) is 32.0. The molecule has 3 atom stereocenters. The second-order valence-corrected chi connectivity index (χ2v) is 8.95. The summed E-state index contributed by atoms with van der Waals surface area (Å²) in [5.41, 5.74) is 5.89. The van der Waals surface area contributed by atoms with Gasteiger partial charge >= 0.3 is 0 Å². The van der Waals surface area contributed by atoms with Crippen molar-refractivity contribution in [2.45, 2.75) is 37.2 Å². The summed E-state index contributed by atoms with van der Waals surface area (Å²) in [7, 11) is -3.11. The first kappa shape index (κ1) is 17.0. The van der Waals surface area contributed by atoms with Crippen molar-refractivity contribution in [1.29, 1.82) is 0 Å². The van der Waals surface area contributed by atoms with Gasteiger partial charge in [-0.1, -0.05) is 0 Å². The van der Waals surface area contributed by atoms with Gasteiger partial charge in [0.05, 0.1) is 29.5 Å². The molecule has 0 radical (unpaired) electrons. The van der Waals surface area contributed by atoms with Crippen LogP contribution in [0.15, 0.2) is 0 Å². The minimum absolute atomic E-state index is 0.0559. The molecule has 21 heavy (non-hydrogen) atoms. The van der Waals surface area contributed by atoms with E-state index in [1.54, 1.807) is 0 Å². The van der Waals surface area contributed by atoms with Gasteiger partial charge in [-0.15, -0.1) is 11.6 Å². The zero-order valence-corrected chi connectivity index (χ0v) is 13.9. The van der Waals surface area contributed by atoms with E-state index in [1.165, 1.54) is 0 Å². The molecule has 2 aliphatic heterocycles. The molecule has 0 bridgehead atoms. The standard InChI is InChI=1S/C13H24ClN3O3S/c1-9(15)10-2-4-17(5-3-10)6-13(18)16-12-8-21(19,20)7-11(12)14/h9-12H,2-8,15H2,1H3,(H,16,18). The molecular formula is C13H24ClN3O3S. The quantitative estimate of drug-likeness (QED) is 0.679. The van der Waals surface area contributed by atoms with Gasteiger partial charge in [-0.25, -0.2) is 8.42 Å². The van der Waals surface area contributed by atoms with Crippen LogP contribution >= 0.6 is 11.6 Å². The van der Waals surface area contributed by atoms with Gasteiger partial charge < -0.3 is 11.1 Å². The molecule has 122 valence electrons. The first-order chi connectivity index (χ1) is 9.77. The Kier molecular flexibility index (Phi) is 5.51. The van der Waals surface area contributed by atoms with E-state index in [1.807, 2.05) is 6.92 Å². The molecule has 3 N–H and O–H groups in total. The van der Waals surface area contributed by atoms with Gasteiger partial charge in [0.2, 0.25) is 5.91 Å². The van der Waals surface area contributed by atoms with Crippen LogP contribution in [0.4, 0.5) is 0 Å². The van der Waals surface area contributed by atoms with Gasteiger partial charge in [0.15, 0.2) is 9.84 Å². The molecule has 0 aromatic heterocycles. The van der Waals surface area contributed by atoms with E-state index < -0.39 is 21.3 Å². The number of rotatable bonds is 4. The molecule has 2 fully saturated rings. The monoisotopic (exact) mass is 337 g/mol. The number of nitrogens with zero attached hydrogens (tertiary/aromatic N) is 1. The second-order valence-electron chi connectivity index (χ2n) is 6.24. The summed E-state index contributed by atoms with van der Waals surface area (Å²) in [6.07, 6.45) is 2.00. The van der Waals surface area contributed by atoms with E-state index in [4.69, 9.17) is 17.3 Å². The maximum Gasteiger partial charge on any atom is 0.234 e. The number of nitrogens with one attached hydrogen (secondary N) is 1. The van der Waals surface area contributed by atoms with Crippen molar-refractivity contribution < 1.29 is 13.2 Å². The first-order valence-electron chi connectivity index (χ1n) is 7.38. The van der Waals surface area contributed by atoms with Gasteiger partial charge in [0.25, 0.3) is 0 Å². The molecule has 1 amide bonds. The van der Waals surface area contributed by atoms with Crippen molar-refractivity contribution in [3.63, 3.8) is 0 Å². The summed E-state index contributed by atoms with van der Waals surface area (Å²) in [5.74, 6) is 0.261. The minimum atomic E-state index is -3.11. The zero-order chi connectivity index (χ0) is 15.6. The fourth-order valence-electron chi connectivity index (χ4n) is 3.03. The highest BCUT2D eigenvalue weighted by molar-refractivity contribution is 7.91. The number of carbonyl (C=O) groups excluding carboxylic acids is 1. The summed E-state index contributed by atoms with van der Waals surface area (Å²) in [4.78, 5) is 14.1. The largest absolute Gasteiger partial charge is 0.350 e. The van der Waals surface area contributed by atoms with Crippen LogP contribution in [-0.2, 0) is 14.6 Å². The molecule has 2 rings (SSSR count). The molecule has 3 unspecified atom stereocenters. The molecule has 2 aliphatic rings. The maximum absolute atomic E-state index is 12.0. The van der Waals surface area contributed by atoms with E-state index in [2.05, 4.69) is 10.2 Å². The lowest BCUT2D eigenvalue weighted by molar-refractivity contribution is -0.123. The van der Waals surface area contributed by atoms with Gasteiger partial charge in [-0.3, -0.25) is 9.69 Å². The number of piperidine rings is 1. The number of alkyl halides is 1. The van der Waals surface area contributed by atoms with E-state index in [0.29, 0.717) is 12.5 Å². The predicted molar refractivity (Wildman–Crippen MR) is 83.0 cm³/mol. The Morgan fingerprint density at radius 3 is 2.48 bits per heavy atom. The van der Waals surface area contributed by atoms with Crippen LogP contribution in [0.1, 0.15) is 19.8 Å². The lowest BCUT2D eigenvalue weighted by Gasteiger charge is -2.33. The van der Waals surface area contributed by atoms with Crippen LogP contribution in [0.3, 0.4) is 0 Å². The summed E-state index contributed by atoms with van der Waals surface area (Å²) in [6, 6.07) is -0.271. The van der Waals surface area contributed by atoms with E-state index in [9.17, 15) is 13.2 Å². The smallest absolute Gasteiger partial charge is 0.234 e. The van der Waals surface area contributed by atoms with Crippen LogP contribution < -0.4 is 11.1 Å². The molecule has 0 spiro atoms. The number of sulfone groups is 1. The Hall–Kier alpha value is -0.370. The summed E-state index contributed by atoms with van der Waals surface area (Å²) in [6.45, 7) is 4.03. The van der Waals surface area contributed by atoms with E-state index >= 15 is 0 Å². The molecule has 8 heteroatoms. The Morgan fingerprint density at radius 2 is 2.00 bits per heavy atom. The number of halogens is 1. The third-order valence-corrected chi connectivity index (χ3v) is 6.75. The summed E-state index contributed by atoms with van der Waals surface area (Å²) in [5, 5.41) is 2.22. The van der Waals surface area contributed by atoms with Gasteiger partial charge in [0.1, 0.15) is 0 Å². The highest BCUT2D eigenvalue weighted by atomic mass is 35.5. The Balaban J connectivity index is 1.76. The average Bonchev–Trinajstić information content (AvgIpc) is 2.62. The van der Waals surface area contributed by atoms with Crippen LogP contribution in [0.25, 0.3) is 0 Å². The highest BCUT2D eigenvalue weighted by Crippen LogP contribution is 2.20. The number of hydrogen-bond donors (Lipinski definition) is 2. The van der Waals surface area contributed by atoms with Crippen LogP contribution in [-0.4, -0.2) is 67.8 Å². The zero-order valence-electron chi connectivity index (χ0n) is 12.3. The van der Waals surface area contributed by atoms with Gasteiger partial charge in [0, 0.05) is 6.04 Å². The molecule has 0 saturated carbocycles. The molecule has 0 aromatic rings. The Labute approximate surface area is 131 Å². The lowest BCUT2D eigenvalue weighted by Crippen LogP contribution is -2.48. The fourth-order valence-corrected chi connectivity index (χ4v) is 5.58. The number of amides is 1. The SMILES string of the molecule is CC(N)C1CCN(CC(=O)NC2CS(=O)(=O)CC2Cl)CC1. The number of carbonyl (C=O) groups is 1. The van der Waals surface area contributed by atoms with Crippen molar-refractivity contribution >= 4 is 27.3 Å². The molecular weight excluding hydrogens is 314 g/mol. The predicted octanol–water partition coefficient (Wildman–Crippen LogP) is -0.434. The maximum atomic E-state index is 12.0. The van der Waals surface area contributed by atoms with Crippen molar-refractivity contribution in [3.05, 3.63) is 0 Å². The van der Waals surface area contributed by atoms with Crippen LogP contribution in [0.5, 0.6) is 0 Å². The lowest BCUT2D eigenvalue weighted by atomic mass is 9.91. The Morgan fingerprint density at radius 1 is 1.38 bits per heavy atom. The Bertz CT molecular complexity index is 475. The summed E-state index contributed by atoms with van der Waals surface area (Å²) < 4.78 is 22.9. The van der Waals surface area contributed by atoms with Crippen molar-refractivity contribution in [1.82, 2.24) is 10.2 Å². The minimum Gasteiger partial charge on any atom is -0.350 e. The van der Waals surface area contributed by atoms with Crippen molar-refractivity contribution in [3.8, 4) is 0 Å². The second kappa shape index (κ2) is 6.81. The number of nitrogens with two attached hydrogens (primary N) is 1. The third-order valence-electron chi connectivity index (χ3n) is 4.37. The van der Waals surface area contributed by atoms with E-state index in [-0.39, 0.29) is 23.5 Å². The van der Waals surface area contributed by atoms with Crippen LogP contribution in [0, 0.1) is 5.92 Å². The third kappa shape index (κ3) is 4.81. The van der Waals surface area contributed by atoms with Crippen molar-refractivity contribution in [2.24, 2.45) is 11.7 Å². The molecule has 0 aliphatic carbocycles. The average molecular weight is 338 g/mol. The molecule has 2 saturated heterocycles. The molecule has 2 heterocycles. The van der Waals surface area contributed by atoms with E-state index in [0.717, 1.165) is 25.9 Å². The van der Waals surface area contributed by atoms with Gasteiger partial charge in [-0.2, -0.15) is 0 Å². The topological polar surface area (TPSA) is 92.5 Å². The van der Waals surface area contributed by atoms with Crippen LogP contribution in [0.2, 0.25) is 0 Å². The number of hydrogen-bond acceptors (Lipinski definition) is 5. The molecule has 0 aromatic carbocycles. The highest BCUT2D eigenvalue weighted by Gasteiger charge is 2.37. The van der Waals surface area contributed by atoms with Gasteiger partial charge in [-0.05, 0) is 38.8 Å². The molecule has 6 nitrogen and oxygen atoms in total. The number of likely N-dealkylation sites (tertiary alicyclic amines) is 1.